The summed E-state index contributed by atoms with van der Waals surface area (Å²) in [5, 5.41) is 23.5. The van der Waals surface area contributed by atoms with E-state index in [0.29, 0.717) is 4.88 Å². The molecule has 0 spiro atoms. The van der Waals surface area contributed by atoms with Gasteiger partial charge in [-0.15, -0.1) is 11.3 Å². The number of carbonyl (C=O) groups is 1. The highest BCUT2D eigenvalue weighted by atomic mass is 32.1. The molecule has 2 rings (SSSR count). The van der Waals surface area contributed by atoms with Gasteiger partial charge in [0.15, 0.2) is 6.29 Å². The van der Waals surface area contributed by atoms with Crippen molar-refractivity contribution in [2.45, 2.75) is 98.0 Å². The molecule has 1 amide bonds. The van der Waals surface area contributed by atoms with Crippen LogP contribution in [0.5, 0.6) is 5.75 Å². The van der Waals surface area contributed by atoms with Crippen molar-refractivity contribution in [2.75, 3.05) is 13.7 Å². The summed E-state index contributed by atoms with van der Waals surface area (Å²) < 4.78 is 11.0. The number of ether oxygens (including phenoxy) is 2. The van der Waals surface area contributed by atoms with Crippen molar-refractivity contribution >= 4 is 17.2 Å². The first-order valence-electron chi connectivity index (χ1n) is 12.9. The molecule has 0 saturated carbocycles. The van der Waals surface area contributed by atoms with E-state index in [0.717, 1.165) is 35.5 Å². The van der Waals surface area contributed by atoms with Crippen molar-refractivity contribution in [3.05, 3.63) is 51.2 Å². The second-order valence-electron chi connectivity index (χ2n) is 10.8. The van der Waals surface area contributed by atoms with Gasteiger partial charge >= 0.3 is 0 Å². The number of benzene rings is 1. The Labute approximate surface area is 221 Å². The fourth-order valence-electron chi connectivity index (χ4n) is 4.15. The molecule has 0 saturated heterocycles. The van der Waals surface area contributed by atoms with Crippen LogP contribution in [0.2, 0.25) is 0 Å². The van der Waals surface area contributed by atoms with Crippen LogP contribution in [-0.4, -0.2) is 47.8 Å². The minimum Gasteiger partial charge on any atom is -0.490 e. The van der Waals surface area contributed by atoms with E-state index in [1.165, 1.54) is 24.0 Å². The fourth-order valence-corrected chi connectivity index (χ4v) is 5.41. The molecule has 0 aliphatic rings. The van der Waals surface area contributed by atoms with Crippen molar-refractivity contribution in [3.8, 4) is 5.75 Å². The zero-order valence-corrected chi connectivity index (χ0v) is 24.2. The molecule has 1 heterocycles. The molecule has 36 heavy (non-hydrogen) atoms. The lowest BCUT2D eigenvalue weighted by Crippen LogP contribution is -2.45. The van der Waals surface area contributed by atoms with Crippen LogP contribution in [0.3, 0.4) is 0 Å². The monoisotopic (exact) mass is 519 g/mol. The summed E-state index contributed by atoms with van der Waals surface area (Å²) in [6, 6.07) is 9.72. The standard InChI is InChI=1S/C29H45NO5S/c1-10-20-17-21(13-14-22(20)35-18-28(8,33)27(5,6)7)29(11-2,12-3)24-16-15-23(36-24)25(31)30-19(4)26(32)34-9/h13-17,19,26,32-33H,10-12,18H2,1-9H3,(H,30,31)/t19-,26?,28?/m0/s1. The van der Waals surface area contributed by atoms with Gasteiger partial charge in [-0.2, -0.15) is 0 Å². The molecule has 3 N–H and O–H groups in total. The maximum Gasteiger partial charge on any atom is 0.261 e. The Hall–Kier alpha value is -1.93. The predicted molar refractivity (Wildman–Crippen MR) is 147 cm³/mol. The van der Waals surface area contributed by atoms with Crippen molar-refractivity contribution in [1.29, 1.82) is 0 Å². The summed E-state index contributed by atoms with van der Waals surface area (Å²) >= 11 is 1.49. The van der Waals surface area contributed by atoms with E-state index >= 15 is 0 Å². The summed E-state index contributed by atoms with van der Waals surface area (Å²) in [6.07, 6.45) is 1.51. The van der Waals surface area contributed by atoms with Crippen LogP contribution >= 0.6 is 11.3 Å². The summed E-state index contributed by atoms with van der Waals surface area (Å²) in [5.74, 6) is 0.573. The summed E-state index contributed by atoms with van der Waals surface area (Å²) in [4.78, 5) is 14.5. The van der Waals surface area contributed by atoms with Crippen LogP contribution in [0, 0.1) is 5.41 Å². The molecule has 2 aromatic rings. The Morgan fingerprint density at radius 3 is 2.25 bits per heavy atom. The average molecular weight is 520 g/mol. The average Bonchev–Trinajstić information content (AvgIpc) is 3.33. The van der Waals surface area contributed by atoms with Crippen LogP contribution in [0.15, 0.2) is 30.3 Å². The van der Waals surface area contributed by atoms with Crippen molar-refractivity contribution in [3.63, 3.8) is 0 Å². The number of thiophene rings is 1. The molecular weight excluding hydrogens is 474 g/mol. The zero-order chi connectivity index (χ0) is 27.3. The van der Waals surface area contributed by atoms with E-state index in [2.05, 4.69) is 38.2 Å². The molecule has 0 aliphatic carbocycles. The highest BCUT2D eigenvalue weighted by Gasteiger charge is 2.37. The number of aliphatic hydroxyl groups excluding tert-OH is 1. The van der Waals surface area contributed by atoms with E-state index in [1.54, 1.807) is 6.92 Å². The first kappa shape index (κ1) is 30.3. The van der Waals surface area contributed by atoms with Gasteiger partial charge in [-0.3, -0.25) is 4.79 Å². The number of methoxy groups -OCH3 is 1. The van der Waals surface area contributed by atoms with Crippen LogP contribution in [0.1, 0.15) is 93.9 Å². The molecule has 202 valence electrons. The Morgan fingerprint density at radius 2 is 1.72 bits per heavy atom. The third kappa shape index (κ3) is 6.49. The highest BCUT2D eigenvalue weighted by molar-refractivity contribution is 7.14. The van der Waals surface area contributed by atoms with E-state index in [4.69, 9.17) is 9.47 Å². The van der Waals surface area contributed by atoms with Gasteiger partial charge in [0.2, 0.25) is 0 Å². The lowest BCUT2D eigenvalue weighted by molar-refractivity contribution is -0.0911. The second-order valence-corrected chi connectivity index (χ2v) is 11.9. The number of aliphatic hydroxyl groups is 2. The van der Waals surface area contributed by atoms with Crippen molar-refractivity contribution in [2.24, 2.45) is 5.41 Å². The predicted octanol–water partition coefficient (Wildman–Crippen LogP) is 5.68. The van der Waals surface area contributed by atoms with E-state index < -0.39 is 17.9 Å². The van der Waals surface area contributed by atoms with Gasteiger partial charge in [0, 0.05) is 17.4 Å². The Bertz CT molecular complexity index is 1000. The zero-order valence-electron chi connectivity index (χ0n) is 23.4. The molecule has 1 aromatic carbocycles. The maximum absolute atomic E-state index is 12.8. The van der Waals surface area contributed by atoms with Crippen molar-refractivity contribution in [1.82, 2.24) is 5.32 Å². The topological polar surface area (TPSA) is 88.0 Å². The van der Waals surface area contributed by atoms with Gasteiger partial charge in [-0.25, -0.2) is 0 Å². The number of carbonyl (C=O) groups excluding carboxylic acids is 1. The molecule has 6 nitrogen and oxygen atoms in total. The fraction of sp³-hybridized carbons (Fsp3) is 0.621. The molecule has 0 aliphatic heterocycles. The first-order chi connectivity index (χ1) is 16.8. The van der Waals surface area contributed by atoms with E-state index in [-0.39, 0.29) is 23.3 Å². The quantitative estimate of drug-likeness (QED) is 0.314. The van der Waals surface area contributed by atoms with Crippen molar-refractivity contribution < 1.29 is 24.5 Å². The number of aryl methyl sites for hydroxylation is 1. The number of amides is 1. The smallest absolute Gasteiger partial charge is 0.261 e. The normalized spacial score (nSPS) is 15.8. The van der Waals surface area contributed by atoms with Crippen LogP contribution < -0.4 is 10.1 Å². The van der Waals surface area contributed by atoms with Gasteiger partial charge in [-0.05, 0) is 67.9 Å². The molecule has 1 aromatic heterocycles. The number of hydrogen-bond donors (Lipinski definition) is 3. The molecule has 0 bridgehead atoms. The van der Waals surface area contributed by atoms with Crippen LogP contribution in [0.25, 0.3) is 0 Å². The lowest BCUT2D eigenvalue weighted by atomic mass is 9.74. The summed E-state index contributed by atoms with van der Waals surface area (Å²) in [7, 11) is 1.40. The summed E-state index contributed by atoms with van der Waals surface area (Å²) in [6.45, 7) is 16.2. The largest absolute Gasteiger partial charge is 0.490 e. The lowest BCUT2D eigenvalue weighted by Gasteiger charge is -2.37. The van der Waals surface area contributed by atoms with Gasteiger partial charge in [0.25, 0.3) is 5.91 Å². The van der Waals surface area contributed by atoms with Gasteiger partial charge in [-0.1, -0.05) is 53.7 Å². The molecule has 2 unspecified atom stereocenters. The number of hydrogen-bond acceptors (Lipinski definition) is 6. The van der Waals surface area contributed by atoms with E-state index in [9.17, 15) is 15.0 Å². The molecule has 7 heteroatoms. The van der Waals surface area contributed by atoms with Crippen LogP contribution in [-0.2, 0) is 16.6 Å². The third-order valence-corrected chi connectivity index (χ3v) is 8.94. The first-order valence-corrected chi connectivity index (χ1v) is 13.7. The SMILES string of the molecule is CCc1cc(C(CC)(CC)c2ccc(C(=O)N[C@@H](C)C(O)OC)s2)ccc1OCC(C)(O)C(C)(C)C. The van der Waals surface area contributed by atoms with Gasteiger partial charge < -0.3 is 25.0 Å². The molecular formula is C29H45NO5S. The Morgan fingerprint density at radius 1 is 1.08 bits per heavy atom. The molecule has 3 atom stereocenters. The van der Waals surface area contributed by atoms with Gasteiger partial charge in [0.1, 0.15) is 18.0 Å². The maximum atomic E-state index is 12.8. The molecule has 0 fully saturated rings. The second kappa shape index (κ2) is 12.1. The number of nitrogens with one attached hydrogen (secondary N) is 1. The summed E-state index contributed by atoms with van der Waals surface area (Å²) in [5.41, 5.74) is 0.788. The van der Waals surface area contributed by atoms with Crippen LogP contribution in [0.4, 0.5) is 0 Å². The highest BCUT2D eigenvalue weighted by Crippen LogP contribution is 2.43. The third-order valence-electron chi connectivity index (χ3n) is 7.65. The van der Waals surface area contributed by atoms with E-state index in [1.807, 2.05) is 45.9 Å². The van der Waals surface area contributed by atoms with Gasteiger partial charge in [0.05, 0.1) is 10.9 Å². The molecule has 0 radical (unpaired) electrons. The number of rotatable bonds is 12. The Balaban J connectivity index is 2.36. The minimum absolute atomic E-state index is 0.217. The minimum atomic E-state index is -1.06. The Kier molecular flexibility index (Phi) is 10.2.